The highest BCUT2D eigenvalue weighted by Gasteiger charge is 2.26. The van der Waals surface area contributed by atoms with Crippen molar-refractivity contribution < 1.29 is 9.47 Å². The van der Waals surface area contributed by atoms with Crippen LogP contribution in [0.25, 0.3) is 0 Å². The highest BCUT2D eigenvalue weighted by molar-refractivity contribution is 5.18. The Balaban J connectivity index is 2.07. The van der Waals surface area contributed by atoms with E-state index >= 15 is 0 Å². The molecule has 76 valence electrons. The van der Waals surface area contributed by atoms with Crippen LogP contribution < -0.4 is 0 Å². The summed E-state index contributed by atoms with van der Waals surface area (Å²) in [6, 6.07) is 10.2. The van der Waals surface area contributed by atoms with E-state index in [1.165, 1.54) is 5.56 Å². The zero-order valence-electron chi connectivity index (χ0n) is 8.64. The van der Waals surface area contributed by atoms with Crippen LogP contribution in [0, 0.1) is 0 Å². The summed E-state index contributed by atoms with van der Waals surface area (Å²) in [4.78, 5) is 0. The second-order valence-electron chi connectivity index (χ2n) is 3.78. The van der Waals surface area contributed by atoms with E-state index < -0.39 is 0 Å². The van der Waals surface area contributed by atoms with Crippen LogP contribution in [0.2, 0.25) is 0 Å². The van der Waals surface area contributed by atoms with Crippen molar-refractivity contribution in [3.8, 4) is 0 Å². The van der Waals surface area contributed by atoms with Crippen molar-refractivity contribution >= 4 is 0 Å². The molecular formula is C12H16O2. The van der Waals surface area contributed by atoms with E-state index in [0.29, 0.717) is 6.61 Å². The molecule has 0 saturated carbocycles. The van der Waals surface area contributed by atoms with E-state index in [2.05, 4.69) is 19.1 Å². The maximum absolute atomic E-state index is 5.86. The maximum atomic E-state index is 5.86. The average Bonchev–Trinajstić information content (AvgIpc) is 2.23. The summed E-state index contributed by atoms with van der Waals surface area (Å²) in [6.07, 6.45) is 0.478. The number of ether oxygens (including phenoxy) is 2. The summed E-state index contributed by atoms with van der Waals surface area (Å²) >= 11 is 0. The second kappa shape index (κ2) is 4.11. The monoisotopic (exact) mass is 192 g/mol. The van der Waals surface area contributed by atoms with Crippen molar-refractivity contribution in [1.82, 2.24) is 0 Å². The van der Waals surface area contributed by atoms with E-state index in [9.17, 15) is 0 Å². The van der Waals surface area contributed by atoms with Gasteiger partial charge in [-0.05, 0) is 19.4 Å². The van der Waals surface area contributed by atoms with Gasteiger partial charge in [0, 0.05) is 0 Å². The van der Waals surface area contributed by atoms with Crippen LogP contribution in [0.1, 0.15) is 25.5 Å². The molecule has 14 heavy (non-hydrogen) atoms. The minimum absolute atomic E-state index is 0.0994. The summed E-state index contributed by atoms with van der Waals surface area (Å²) < 4.78 is 11.5. The highest BCUT2D eigenvalue weighted by Crippen LogP contribution is 2.25. The fourth-order valence-corrected chi connectivity index (χ4v) is 1.63. The number of benzene rings is 1. The van der Waals surface area contributed by atoms with E-state index in [1.54, 1.807) is 0 Å². The van der Waals surface area contributed by atoms with Crippen LogP contribution in [0.4, 0.5) is 0 Å². The van der Waals surface area contributed by atoms with E-state index in [4.69, 9.17) is 9.47 Å². The predicted molar refractivity (Wildman–Crippen MR) is 55.1 cm³/mol. The van der Waals surface area contributed by atoms with Crippen LogP contribution in [0.15, 0.2) is 30.3 Å². The Hall–Kier alpha value is -0.860. The lowest BCUT2D eigenvalue weighted by Crippen LogP contribution is -2.36. The molecule has 2 heteroatoms. The third-order valence-electron chi connectivity index (χ3n) is 2.72. The number of hydrogen-bond acceptors (Lipinski definition) is 2. The topological polar surface area (TPSA) is 18.5 Å². The Morgan fingerprint density at radius 2 is 1.79 bits per heavy atom. The first-order valence-corrected chi connectivity index (χ1v) is 5.09. The van der Waals surface area contributed by atoms with Crippen LogP contribution in [0.5, 0.6) is 0 Å². The van der Waals surface area contributed by atoms with Crippen molar-refractivity contribution in [2.75, 3.05) is 6.61 Å². The average molecular weight is 192 g/mol. The SMILES string of the molecule is C[C@H]1OC[C@H](c2ccccc2)O[C@@H]1C. The zero-order chi connectivity index (χ0) is 9.97. The molecule has 0 N–H and O–H groups in total. The summed E-state index contributed by atoms with van der Waals surface area (Å²) in [6.45, 7) is 4.77. The van der Waals surface area contributed by atoms with Gasteiger partial charge >= 0.3 is 0 Å². The Morgan fingerprint density at radius 1 is 1.07 bits per heavy atom. The van der Waals surface area contributed by atoms with Crippen molar-refractivity contribution in [3.05, 3.63) is 35.9 Å². The summed E-state index contributed by atoms with van der Waals surface area (Å²) in [5, 5.41) is 0. The normalized spacial score (nSPS) is 32.9. The van der Waals surface area contributed by atoms with Gasteiger partial charge in [-0.3, -0.25) is 0 Å². The summed E-state index contributed by atoms with van der Waals surface area (Å²) in [5.41, 5.74) is 1.20. The van der Waals surface area contributed by atoms with Gasteiger partial charge in [0.1, 0.15) is 6.10 Å². The molecule has 1 aliphatic heterocycles. The van der Waals surface area contributed by atoms with Gasteiger partial charge in [-0.15, -0.1) is 0 Å². The fourth-order valence-electron chi connectivity index (χ4n) is 1.63. The molecule has 1 heterocycles. The first-order valence-electron chi connectivity index (χ1n) is 5.09. The molecule has 0 bridgehead atoms. The molecule has 2 nitrogen and oxygen atoms in total. The molecule has 0 amide bonds. The zero-order valence-corrected chi connectivity index (χ0v) is 8.64. The Labute approximate surface area is 84.8 Å². The van der Waals surface area contributed by atoms with Crippen LogP contribution in [-0.2, 0) is 9.47 Å². The van der Waals surface area contributed by atoms with Gasteiger partial charge in [-0.2, -0.15) is 0 Å². The van der Waals surface area contributed by atoms with Gasteiger partial charge in [0.05, 0.1) is 18.8 Å². The quantitative estimate of drug-likeness (QED) is 0.680. The lowest BCUT2D eigenvalue weighted by Gasteiger charge is -2.33. The standard InChI is InChI=1S/C12H16O2/c1-9-10(2)14-12(8-13-9)11-6-4-3-5-7-11/h3-7,9-10,12H,8H2,1-2H3/t9-,10-,12-/m1/s1. The summed E-state index contributed by atoms with van der Waals surface area (Å²) in [5.74, 6) is 0. The van der Waals surface area contributed by atoms with Crippen LogP contribution in [0.3, 0.4) is 0 Å². The largest absolute Gasteiger partial charge is 0.373 e. The van der Waals surface area contributed by atoms with E-state index in [1.807, 2.05) is 25.1 Å². The van der Waals surface area contributed by atoms with Gasteiger partial charge in [0.2, 0.25) is 0 Å². The number of hydrogen-bond donors (Lipinski definition) is 0. The van der Waals surface area contributed by atoms with Crippen molar-refractivity contribution in [2.24, 2.45) is 0 Å². The Morgan fingerprint density at radius 3 is 2.43 bits per heavy atom. The first kappa shape index (κ1) is 9.69. The molecule has 0 aromatic heterocycles. The molecule has 0 aliphatic carbocycles. The molecule has 1 aromatic rings. The maximum Gasteiger partial charge on any atom is 0.106 e. The van der Waals surface area contributed by atoms with Gasteiger partial charge in [0.15, 0.2) is 0 Å². The van der Waals surface area contributed by atoms with Gasteiger partial charge in [-0.25, -0.2) is 0 Å². The molecule has 2 rings (SSSR count). The molecule has 1 fully saturated rings. The lowest BCUT2D eigenvalue weighted by molar-refractivity contribution is -0.170. The van der Waals surface area contributed by atoms with Gasteiger partial charge in [0.25, 0.3) is 0 Å². The fraction of sp³-hybridized carbons (Fsp3) is 0.500. The van der Waals surface area contributed by atoms with Gasteiger partial charge in [-0.1, -0.05) is 30.3 Å². The Bertz CT molecular complexity index is 284. The Kier molecular flexibility index (Phi) is 2.85. The predicted octanol–water partition coefficient (Wildman–Crippen LogP) is 2.55. The second-order valence-corrected chi connectivity index (χ2v) is 3.78. The lowest BCUT2D eigenvalue weighted by atomic mass is 10.1. The van der Waals surface area contributed by atoms with E-state index in [-0.39, 0.29) is 18.3 Å². The summed E-state index contributed by atoms with van der Waals surface area (Å²) in [7, 11) is 0. The first-order chi connectivity index (χ1) is 6.77. The minimum Gasteiger partial charge on any atom is -0.373 e. The molecule has 1 aliphatic rings. The highest BCUT2D eigenvalue weighted by atomic mass is 16.6. The van der Waals surface area contributed by atoms with Crippen LogP contribution in [-0.4, -0.2) is 18.8 Å². The molecule has 0 spiro atoms. The van der Waals surface area contributed by atoms with Gasteiger partial charge < -0.3 is 9.47 Å². The number of rotatable bonds is 1. The molecule has 1 saturated heterocycles. The minimum atomic E-state index is 0.0994. The molecule has 3 atom stereocenters. The molecule has 0 unspecified atom stereocenters. The smallest absolute Gasteiger partial charge is 0.106 e. The third-order valence-corrected chi connectivity index (χ3v) is 2.72. The third kappa shape index (κ3) is 1.97. The van der Waals surface area contributed by atoms with Crippen molar-refractivity contribution in [3.63, 3.8) is 0 Å². The molecular weight excluding hydrogens is 176 g/mol. The van der Waals surface area contributed by atoms with E-state index in [0.717, 1.165) is 0 Å². The molecule has 0 radical (unpaired) electrons. The molecule has 1 aromatic carbocycles. The van der Waals surface area contributed by atoms with Crippen LogP contribution >= 0.6 is 0 Å². The van der Waals surface area contributed by atoms with Crippen molar-refractivity contribution in [1.29, 1.82) is 0 Å². The van der Waals surface area contributed by atoms with Crippen molar-refractivity contribution in [2.45, 2.75) is 32.2 Å².